The number of rotatable bonds is 7. The lowest BCUT2D eigenvalue weighted by Gasteiger charge is -2.27. The van der Waals surface area contributed by atoms with Crippen LogP contribution < -0.4 is 5.32 Å². The van der Waals surface area contributed by atoms with E-state index in [0.29, 0.717) is 6.54 Å². The number of nitrogens with zero attached hydrogens (tertiary/aromatic N) is 1. The molecule has 21 heavy (non-hydrogen) atoms. The molecule has 0 aliphatic rings. The molecule has 5 nitrogen and oxygen atoms in total. The molecule has 0 unspecified atom stereocenters. The van der Waals surface area contributed by atoms with E-state index in [1.165, 1.54) is 4.90 Å². The van der Waals surface area contributed by atoms with Crippen molar-refractivity contribution in [2.24, 2.45) is 0 Å². The van der Waals surface area contributed by atoms with Crippen molar-refractivity contribution in [3.8, 4) is 0 Å². The Balaban J connectivity index is 2.76. The molecule has 0 saturated heterocycles. The summed E-state index contributed by atoms with van der Waals surface area (Å²) < 4.78 is 0. The molecule has 0 heterocycles. The first-order chi connectivity index (χ1) is 9.95. The minimum Gasteiger partial charge on any atom is -0.480 e. The molecule has 2 N–H and O–H groups in total. The predicted octanol–water partition coefficient (Wildman–Crippen LogP) is 2.29. The van der Waals surface area contributed by atoms with E-state index >= 15 is 0 Å². The van der Waals surface area contributed by atoms with Crippen molar-refractivity contribution in [1.29, 1.82) is 0 Å². The maximum absolute atomic E-state index is 12.2. The maximum Gasteiger partial charge on any atom is 0.326 e. The Hall–Kier alpha value is -2.30. The third-order valence-electron chi connectivity index (χ3n) is 3.09. The van der Waals surface area contributed by atoms with E-state index in [9.17, 15) is 14.7 Å². The van der Waals surface area contributed by atoms with Gasteiger partial charge in [0, 0.05) is 19.0 Å². The number of carboxylic acids is 1. The smallest absolute Gasteiger partial charge is 0.326 e. The number of nitrogens with one attached hydrogen (secondary N) is 1. The summed E-state index contributed by atoms with van der Waals surface area (Å²) in [7, 11) is 0. The van der Waals surface area contributed by atoms with Crippen molar-refractivity contribution in [2.45, 2.75) is 32.4 Å². The van der Waals surface area contributed by atoms with Crippen LogP contribution >= 0.6 is 0 Å². The van der Waals surface area contributed by atoms with Crippen LogP contribution in [0.3, 0.4) is 0 Å². The number of hydrogen-bond donors (Lipinski definition) is 2. The van der Waals surface area contributed by atoms with Crippen molar-refractivity contribution < 1.29 is 14.7 Å². The zero-order valence-corrected chi connectivity index (χ0v) is 12.5. The van der Waals surface area contributed by atoms with Gasteiger partial charge in [-0.15, -0.1) is 6.58 Å². The first kappa shape index (κ1) is 16.8. The Labute approximate surface area is 125 Å². The number of carbonyl (C=O) groups is 2. The van der Waals surface area contributed by atoms with E-state index < -0.39 is 18.0 Å². The van der Waals surface area contributed by atoms with E-state index in [-0.39, 0.29) is 12.5 Å². The molecule has 2 amide bonds. The van der Waals surface area contributed by atoms with Crippen LogP contribution in [0, 0.1) is 0 Å². The standard InChI is InChI=1S/C16H22N2O3/c1-4-10-18(12(2)3)16(21)17-14(15(19)20)11-13-8-6-5-7-9-13/h4-9,12,14H,1,10-11H2,2-3H3,(H,17,21)(H,19,20)/t14-/m1/s1. The molecular formula is C16H22N2O3. The summed E-state index contributed by atoms with van der Waals surface area (Å²) in [6.07, 6.45) is 1.87. The van der Waals surface area contributed by atoms with Gasteiger partial charge in [0.1, 0.15) is 6.04 Å². The molecule has 0 aliphatic heterocycles. The lowest BCUT2D eigenvalue weighted by atomic mass is 10.1. The number of benzene rings is 1. The summed E-state index contributed by atoms with van der Waals surface area (Å²) in [5.74, 6) is -1.05. The summed E-state index contributed by atoms with van der Waals surface area (Å²) in [6, 6.07) is 7.84. The third-order valence-corrected chi connectivity index (χ3v) is 3.09. The average Bonchev–Trinajstić information content (AvgIpc) is 2.44. The van der Waals surface area contributed by atoms with Gasteiger partial charge in [-0.1, -0.05) is 36.4 Å². The second-order valence-electron chi connectivity index (χ2n) is 5.06. The van der Waals surface area contributed by atoms with Crippen molar-refractivity contribution in [3.63, 3.8) is 0 Å². The van der Waals surface area contributed by atoms with Crippen LogP contribution in [0.25, 0.3) is 0 Å². The molecule has 1 rings (SSSR count). The van der Waals surface area contributed by atoms with E-state index in [4.69, 9.17) is 0 Å². The Kier molecular flexibility index (Phi) is 6.46. The fourth-order valence-corrected chi connectivity index (χ4v) is 1.95. The van der Waals surface area contributed by atoms with Crippen LogP contribution in [-0.2, 0) is 11.2 Å². The van der Waals surface area contributed by atoms with E-state index in [2.05, 4.69) is 11.9 Å². The molecule has 1 atom stereocenters. The number of aliphatic carboxylic acids is 1. The molecular weight excluding hydrogens is 268 g/mol. The Morgan fingerprint density at radius 3 is 2.43 bits per heavy atom. The van der Waals surface area contributed by atoms with Crippen LogP contribution in [0.1, 0.15) is 19.4 Å². The molecule has 5 heteroatoms. The highest BCUT2D eigenvalue weighted by Crippen LogP contribution is 2.05. The number of amides is 2. The fraction of sp³-hybridized carbons (Fsp3) is 0.375. The molecule has 0 aliphatic carbocycles. The van der Waals surface area contributed by atoms with Crippen LogP contribution in [0.4, 0.5) is 4.79 Å². The molecule has 0 spiro atoms. The van der Waals surface area contributed by atoms with E-state index in [1.807, 2.05) is 44.2 Å². The van der Waals surface area contributed by atoms with Crippen LogP contribution in [0.15, 0.2) is 43.0 Å². The van der Waals surface area contributed by atoms with Gasteiger partial charge in [-0.05, 0) is 19.4 Å². The molecule has 0 bridgehead atoms. The molecule has 0 fully saturated rings. The topological polar surface area (TPSA) is 69.6 Å². The van der Waals surface area contributed by atoms with Crippen molar-refractivity contribution in [2.75, 3.05) is 6.54 Å². The zero-order chi connectivity index (χ0) is 15.8. The monoisotopic (exact) mass is 290 g/mol. The number of hydrogen-bond acceptors (Lipinski definition) is 2. The summed E-state index contributed by atoms with van der Waals surface area (Å²) >= 11 is 0. The lowest BCUT2D eigenvalue weighted by Crippen LogP contribution is -2.50. The summed E-state index contributed by atoms with van der Waals surface area (Å²) in [5, 5.41) is 11.9. The van der Waals surface area contributed by atoms with Crippen molar-refractivity contribution in [1.82, 2.24) is 10.2 Å². The molecule has 1 aromatic carbocycles. The second kappa shape index (κ2) is 8.09. The minimum absolute atomic E-state index is 0.0332. The van der Waals surface area contributed by atoms with Gasteiger partial charge in [0.2, 0.25) is 0 Å². The van der Waals surface area contributed by atoms with Gasteiger partial charge in [0.15, 0.2) is 0 Å². The summed E-state index contributed by atoms with van der Waals surface area (Å²) in [4.78, 5) is 25.1. The highest BCUT2D eigenvalue weighted by molar-refractivity contribution is 5.83. The van der Waals surface area contributed by atoms with Gasteiger partial charge in [0.25, 0.3) is 0 Å². The highest BCUT2D eigenvalue weighted by atomic mass is 16.4. The van der Waals surface area contributed by atoms with E-state index in [0.717, 1.165) is 5.56 Å². The first-order valence-electron chi connectivity index (χ1n) is 6.90. The summed E-state index contributed by atoms with van der Waals surface area (Å²) in [5.41, 5.74) is 0.866. The van der Waals surface area contributed by atoms with Crippen LogP contribution in [0.5, 0.6) is 0 Å². The predicted molar refractivity (Wildman–Crippen MR) is 82.1 cm³/mol. The van der Waals surface area contributed by atoms with Crippen molar-refractivity contribution >= 4 is 12.0 Å². The second-order valence-corrected chi connectivity index (χ2v) is 5.06. The van der Waals surface area contributed by atoms with Gasteiger partial charge in [-0.2, -0.15) is 0 Å². The normalized spacial score (nSPS) is 11.8. The van der Waals surface area contributed by atoms with Gasteiger partial charge < -0.3 is 15.3 Å². The van der Waals surface area contributed by atoms with Gasteiger partial charge in [-0.3, -0.25) is 0 Å². The first-order valence-corrected chi connectivity index (χ1v) is 6.90. The zero-order valence-electron chi connectivity index (χ0n) is 12.5. The largest absolute Gasteiger partial charge is 0.480 e. The van der Waals surface area contributed by atoms with Crippen LogP contribution in [-0.4, -0.2) is 40.6 Å². The fourth-order valence-electron chi connectivity index (χ4n) is 1.95. The number of urea groups is 1. The van der Waals surface area contributed by atoms with Crippen molar-refractivity contribution in [3.05, 3.63) is 48.6 Å². The Morgan fingerprint density at radius 2 is 1.95 bits per heavy atom. The number of carboxylic acid groups (broad SMARTS) is 1. The van der Waals surface area contributed by atoms with Gasteiger partial charge in [-0.25, -0.2) is 9.59 Å². The Bertz CT molecular complexity index is 486. The Morgan fingerprint density at radius 1 is 1.33 bits per heavy atom. The van der Waals surface area contributed by atoms with Gasteiger partial charge >= 0.3 is 12.0 Å². The maximum atomic E-state index is 12.2. The SMILES string of the molecule is C=CCN(C(=O)N[C@H](Cc1ccccc1)C(=O)O)C(C)C. The minimum atomic E-state index is -1.05. The lowest BCUT2D eigenvalue weighted by molar-refractivity contribution is -0.139. The molecule has 114 valence electrons. The van der Waals surface area contributed by atoms with Gasteiger partial charge in [0.05, 0.1) is 0 Å². The number of carbonyl (C=O) groups excluding carboxylic acids is 1. The molecule has 0 radical (unpaired) electrons. The molecule has 0 saturated carbocycles. The molecule has 0 aromatic heterocycles. The average molecular weight is 290 g/mol. The highest BCUT2D eigenvalue weighted by Gasteiger charge is 2.24. The third kappa shape index (κ3) is 5.30. The molecule has 1 aromatic rings. The summed E-state index contributed by atoms with van der Waals surface area (Å²) in [6.45, 7) is 7.73. The quantitative estimate of drug-likeness (QED) is 0.757. The van der Waals surface area contributed by atoms with Crippen LogP contribution in [0.2, 0.25) is 0 Å². The van der Waals surface area contributed by atoms with E-state index in [1.54, 1.807) is 6.08 Å².